The topological polar surface area (TPSA) is 101 Å². The second-order valence-electron chi connectivity index (χ2n) is 3.89. The Morgan fingerprint density at radius 2 is 2.21 bits per heavy atom. The van der Waals surface area contributed by atoms with Crippen LogP contribution in [-0.2, 0) is 16.4 Å². The molecule has 0 radical (unpaired) electrons. The van der Waals surface area contributed by atoms with Crippen molar-refractivity contribution in [2.45, 2.75) is 18.4 Å². The number of nitrogens with one attached hydrogen (secondary N) is 2. The molecule has 0 saturated heterocycles. The molecule has 1 aromatic carbocycles. The largest absolute Gasteiger partial charge is 0.396 e. The average Bonchev–Trinajstić information content (AvgIpc) is 2.83. The molecular formula is C11H13FN4O2S. The number of nitrogens with two attached hydrogens (primary N) is 1. The van der Waals surface area contributed by atoms with Gasteiger partial charge in [0.15, 0.2) is 5.03 Å². The van der Waals surface area contributed by atoms with Gasteiger partial charge in [-0.25, -0.2) is 9.37 Å². The van der Waals surface area contributed by atoms with Crippen molar-refractivity contribution in [3.05, 3.63) is 36.0 Å². The van der Waals surface area contributed by atoms with Crippen LogP contribution in [0.25, 0.3) is 0 Å². The van der Waals surface area contributed by atoms with Gasteiger partial charge in [-0.3, -0.25) is 4.72 Å². The van der Waals surface area contributed by atoms with E-state index < -0.39 is 15.8 Å². The average molecular weight is 284 g/mol. The van der Waals surface area contributed by atoms with Crippen LogP contribution in [0, 0.1) is 5.82 Å². The van der Waals surface area contributed by atoms with E-state index in [4.69, 9.17) is 5.73 Å². The normalized spacial score (nSPS) is 11.5. The van der Waals surface area contributed by atoms with Gasteiger partial charge in [-0.2, -0.15) is 8.42 Å². The number of hydrogen-bond donors (Lipinski definition) is 3. The van der Waals surface area contributed by atoms with Crippen molar-refractivity contribution in [1.82, 2.24) is 9.97 Å². The Hall–Kier alpha value is -2.09. The molecule has 1 heterocycles. The number of nitrogen functional groups attached to an aromatic ring is 1. The van der Waals surface area contributed by atoms with Crippen molar-refractivity contribution in [2.24, 2.45) is 0 Å². The molecule has 6 nitrogen and oxygen atoms in total. The molecule has 19 heavy (non-hydrogen) atoms. The fourth-order valence-electron chi connectivity index (χ4n) is 1.48. The Labute approximate surface area is 109 Å². The standard InChI is InChI=1S/C11H13FN4O2S/c1-2-10-14-6-11(15-10)19(17,18)16-7-3-4-8(12)9(13)5-7/h3-6,16H,2,13H2,1H3,(H,14,15). The highest BCUT2D eigenvalue weighted by Gasteiger charge is 2.17. The van der Waals surface area contributed by atoms with Gasteiger partial charge in [-0.1, -0.05) is 6.92 Å². The lowest BCUT2D eigenvalue weighted by Crippen LogP contribution is -2.13. The van der Waals surface area contributed by atoms with E-state index in [9.17, 15) is 12.8 Å². The van der Waals surface area contributed by atoms with Crippen LogP contribution in [0.2, 0.25) is 0 Å². The molecule has 0 spiro atoms. The van der Waals surface area contributed by atoms with Gasteiger partial charge in [0, 0.05) is 6.42 Å². The molecule has 1 aromatic heterocycles. The predicted molar refractivity (Wildman–Crippen MR) is 69.6 cm³/mol. The lowest BCUT2D eigenvalue weighted by Gasteiger charge is -2.07. The van der Waals surface area contributed by atoms with Crippen LogP contribution in [0.3, 0.4) is 0 Å². The van der Waals surface area contributed by atoms with Crippen LogP contribution < -0.4 is 10.5 Å². The smallest absolute Gasteiger partial charge is 0.278 e. The van der Waals surface area contributed by atoms with E-state index >= 15 is 0 Å². The van der Waals surface area contributed by atoms with Gasteiger partial charge in [-0.05, 0) is 18.2 Å². The maximum Gasteiger partial charge on any atom is 0.278 e. The van der Waals surface area contributed by atoms with Crippen molar-refractivity contribution in [1.29, 1.82) is 0 Å². The minimum absolute atomic E-state index is 0.0488. The molecule has 0 bridgehead atoms. The number of aryl methyl sites for hydroxylation is 1. The number of imidazole rings is 1. The lowest BCUT2D eigenvalue weighted by atomic mass is 10.3. The number of benzene rings is 1. The van der Waals surface area contributed by atoms with Crippen LogP contribution >= 0.6 is 0 Å². The van der Waals surface area contributed by atoms with E-state index in [2.05, 4.69) is 14.7 Å². The van der Waals surface area contributed by atoms with Crippen molar-refractivity contribution in [3.63, 3.8) is 0 Å². The summed E-state index contributed by atoms with van der Waals surface area (Å²) in [7, 11) is -3.78. The summed E-state index contributed by atoms with van der Waals surface area (Å²) in [5.74, 6) is -0.0308. The molecule has 0 aliphatic rings. The zero-order valence-electron chi connectivity index (χ0n) is 10.1. The van der Waals surface area contributed by atoms with Crippen molar-refractivity contribution < 1.29 is 12.8 Å². The maximum absolute atomic E-state index is 13.0. The van der Waals surface area contributed by atoms with Gasteiger partial charge in [0.25, 0.3) is 10.0 Å². The van der Waals surface area contributed by atoms with Crippen molar-refractivity contribution in [2.75, 3.05) is 10.5 Å². The van der Waals surface area contributed by atoms with Crippen molar-refractivity contribution >= 4 is 21.4 Å². The number of aromatic nitrogens is 2. The minimum atomic E-state index is -3.78. The fraction of sp³-hybridized carbons (Fsp3) is 0.182. The molecule has 0 unspecified atom stereocenters. The first-order valence-electron chi connectivity index (χ1n) is 5.54. The number of sulfonamides is 1. The zero-order chi connectivity index (χ0) is 14.0. The number of H-pyrrole nitrogens is 1. The molecule has 0 aliphatic heterocycles. The highest BCUT2D eigenvalue weighted by atomic mass is 32.2. The van der Waals surface area contributed by atoms with E-state index in [1.54, 1.807) is 0 Å². The second-order valence-corrected chi connectivity index (χ2v) is 5.54. The third kappa shape index (κ3) is 2.84. The van der Waals surface area contributed by atoms with Gasteiger partial charge < -0.3 is 10.7 Å². The van der Waals surface area contributed by atoms with Crippen LogP contribution in [0.1, 0.15) is 12.7 Å². The second kappa shape index (κ2) is 4.88. The Kier molecular flexibility index (Phi) is 3.43. The molecule has 0 saturated carbocycles. The molecule has 4 N–H and O–H groups in total. The van der Waals surface area contributed by atoms with Crippen LogP contribution in [0.4, 0.5) is 15.8 Å². The lowest BCUT2D eigenvalue weighted by molar-refractivity contribution is 0.598. The molecule has 2 rings (SSSR count). The fourth-order valence-corrected chi connectivity index (χ4v) is 2.47. The molecule has 102 valence electrons. The molecule has 0 amide bonds. The predicted octanol–water partition coefficient (Wildman–Crippen LogP) is 1.49. The Bertz CT molecular complexity index is 696. The molecule has 8 heteroatoms. The third-order valence-corrected chi connectivity index (χ3v) is 3.77. The summed E-state index contributed by atoms with van der Waals surface area (Å²) < 4.78 is 39.3. The minimum Gasteiger partial charge on any atom is -0.396 e. The Morgan fingerprint density at radius 1 is 1.47 bits per heavy atom. The SMILES string of the molecule is CCc1ncc(S(=O)(=O)Nc2ccc(F)c(N)c2)[nH]1. The van der Waals surface area contributed by atoms with Crippen LogP contribution in [-0.4, -0.2) is 18.4 Å². The molecular weight excluding hydrogens is 271 g/mol. The van der Waals surface area contributed by atoms with E-state index in [0.29, 0.717) is 12.2 Å². The third-order valence-electron chi connectivity index (χ3n) is 2.48. The number of hydrogen-bond acceptors (Lipinski definition) is 4. The highest BCUT2D eigenvalue weighted by Crippen LogP contribution is 2.19. The van der Waals surface area contributed by atoms with Crippen LogP contribution in [0.5, 0.6) is 0 Å². The Balaban J connectivity index is 2.28. The zero-order valence-corrected chi connectivity index (χ0v) is 11.0. The van der Waals surface area contributed by atoms with E-state index in [1.165, 1.54) is 18.3 Å². The summed E-state index contributed by atoms with van der Waals surface area (Å²) in [5, 5.41) is -0.0488. The summed E-state index contributed by atoms with van der Waals surface area (Å²) in [6.45, 7) is 1.85. The van der Waals surface area contributed by atoms with Gasteiger partial charge in [0.1, 0.15) is 11.6 Å². The highest BCUT2D eigenvalue weighted by molar-refractivity contribution is 7.92. The monoisotopic (exact) mass is 284 g/mol. The number of rotatable bonds is 4. The first-order valence-corrected chi connectivity index (χ1v) is 7.02. The quantitative estimate of drug-likeness (QED) is 0.740. The number of nitrogens with zero attached hydrogens (tertiary/aromatic N) is 1. The van der Waals surface area contributed by atoms with Gasteiger partial charge in [-0.15, -0.1) is 0 Å². The number of halogens is 1. The molecule has 0 aliphatic carbocycles. The van der Waals surface area contributed by atoms with Gasteiger partial charge >= 0.3 is 0 Å². The number of anilines is 2. The maximum atomic E-state index is 13.0. The van der Waals surface area contributed by atoms with Crippen LogP contribution in [0.15, 0.2) is 29.4 Å². The summed E-state index contributed by atoms with van der Waals surface area (Å²) in [6, 6.07) is 3.60. The van der Waals surface area contributed by atoms with E-state index in [-0.39, 0.29) is 16.4 Å². The first-order chi connectivity index (χ1) is 8.92. The Morgan fingerprint density at radius 3 is 2.79 bits per heavy atom. The van der Waals surface area contributed by atoms with E-state index in [1.807, 2.05) is 6.92 Å². The molecule has 0 atom stereocenters. The molecule has 2 aromatic rings. The van der Waals surface area contributed by atoms with Crippen molar-refractivity contribution in [3.8, 4) is 0 Å². The van der Waals surface area contributed by atoms with Gasteiger partial charge in [0.2, 0.25) is 0 Å². The summed E-state index contributed by atoms with van der Waals surface area (Å²) in [4.78, 5) is 6.60. The molecule has 0 fully saturated rings. The van der Waals surface area contributed by atoms with E-state index in [0.717, 1.165) is 6.07 Å². The summed E-state index contributed by atoms with van der Waals surface area (Å²) >= 11 is 0. The van der Waals surface area contributed by atoms with Gasteiger partial charge in [0.05, 0.1) is 17.6 Å². The first kappa shape index (κ1) is 13.3. The summed E-state index contributed by atoms with van der Waals surface area (Å²) in [6.07, 6.45) is 1.83. The summed E-state index contributed by atoms with van der Waals surface area (Å²) in [5.41, 5.74) is 5.43. The number of aromatic amines is 1.